The third kappa shape index (κ3) is 11.8. The molecule has 3 atom stereocenters. The van der Waals surface area contributed by atoms with Crippen LogP contribution in [0.3, 0.4) is 0 Å². The molecule has 0 saturated carbocycles. The molecular formula is C16H40N6O. The summed E-state index contributed by atoms with van der Waals surface area (Å²) in [6.07, 6.45) is 7.81. The van der Waals surface area contributed by atoms with Gasteiger partial charge >= 0.3 is 0 Å². The van der Waals surface area contributed by atoms with E-state index in [0.717, 1.165) is 64.5 Å². The molecule has 140 valence electrons. The van der Waals surface area contributed by atoms with Gasteiger partial charge in [-0.05, 0) is 51.7 Å². The number of aliphatic hydroxyl groups excluding tert-OH is 1. The van der Waals surface area contributed by atoms with Crippen molar-refractivity contribution in [2.45, 2.75) is 76.2 Å². The van der Waals surface area contributed by atoms with E-state index >= 15 is 0 Å². The Labute approximate surface area is 141 Å². The van der Waals surface area contributed by atoms with Gasteiger partial charge in [0.05, 0.1) is 18.4 Å². The second kappa shape index (κ2) is 15.3. The van der Waals surface area contributed by atoms with Crippen LogP contribution >= 0.6 is 0 Å². The highest BCUT2D eigenvalue weighted by Gasteiger charge is 2.23. The molecule has 0 rings (SSSR count). The van der Waals surface area contributed by atoms with Crippen LogP contribution in [0.5, 0.6) is 0 Å². The van der Waals surface area contributed by atoms with Crippen molar-refractivity contribution in [3.05, 3.63) is 0 Å². The molecule has 0 aromatic rings. The van der Waals surface area contributed by atoms with Crippen LogP contribution in [0.4, 0.5) is 0 Å². The van der Waals surface area contributed by atoms with Crippen LogP contribution in [0.15, 0.2) is 0 Å². The van der Waals surface area contributed by atoms with Gasteiger partial charge < -0.3 is 33.8 Å². The summed E-state index contributed by atoms with van der Waals surface area (Å²) in [7, 11) is 0. The lowest BCUT2D eigenvalue weighted by molar-refractivity contribution is 0.0482. The van der Waals surface area contributed by atoms with Crippen LogP contribution in [0, 0.1) is 0 Å². The molecule has 0 amide bonds. The number of hydrogen-bond acceptors (Lipinski definition) is 7. The fourth-order valence-electron chi connectivity index (χ4n) is 2.72. The molecule has 0 aromatic carbocycles. The second-order valence-corrected chi connectivity index (χ2v) is 6.34. The average molecular weight is 333 g/mol. The summed E-state index contributed by atoms with van der Waals surface area (Å²) in [6.45, 7) is 2.38. The minimum Gasteiger partial charge on any atom is -0.392 e. The van der Waals surface area contributed by atoms with Gasteiger partial charge in [-0.3, -0.25) is 4.90 Å². The first kappa shape index (κ1) is 22.7. The summed E-state index contributed by atoms with van der Waals surface area (Å²) in [4.78, 5) is 2.03. The Morgan fingerprint density at radius 1 is 0.652 bits per heavy atom. The number of hydrogen-bond donors (Lipinski definition) is 6. The summed E-state index contributed by atoms with van der Waals surface area (Å²) in [5, 5.41) is 10.1. The molecule has 3 unspecified atom stereocenters. The van der Waals surface area contributed by atoms with Crippen molar-refractivity contribution in [3.8, 4) is 0 Å². The molecule has 7 heteroatoms. The summed E-state index contributed by atoms with van der Waals surface area (Å²) >= 11 is 0. The van der Waals surface area contributed by atoms with Crippen LogP contribution < -0.4 is 28.7 Å². The van der Waals surface area contributed by atoms with Gasteiger partial charge in [0.2, 0.25) is 0 Å². The molecule has 11 N–H and O–H groups in total. The third-order valence-electron chi connectivity index (χ3n) is 4.18. The number of nitrogens with two attached hydrogens (primary N) is 5. The van der Waals surface area contributed by atoms with Gasteiger partial charge in [0.25, 0.3) is 0 Å². The van der Waals surface area contributed by atoms with Gasteiger partial charge in [-0.25, -0.2) is 0 Å². The van der Waals surface area contributed by atoms with Gasteiger partial charge in [-0.1, -0.05) is 25.7 Å². The van der Waals surface area contributed by atoms with Crippen molar-refractivity contribution in [1.29, 1.82) is 0 Å². The standard InChI is InChI=1S/C16H40N6O/c17-10-5-1-3-7-15(20)22(13-14(23)9-12-19)16(21)8-4-2-6-11-18/h14-16,23H,1-13,17-21H2. The molecule has 0 fully saturated rings. The Kier molecular flexibility index (Phi) is 15.1. The van der Waals surface area contributed by atoms with Crippen molar-refractivity contribution in [3.63, 3.8) is 0 Å². The molecule has 0 aromatic heterocycles. The van der Waals surface area contributed by atoms with Crippen molar-refractivity contribution >= 4 is 0 Å². The highest BCUT2D eigenvalue weighted by Crippen LogP contribution is 2.13. The molecule has 7 nitrogen and oxygen atoms in total. The fourth-order valence-corrected chi connectivity index (χ4v) is 2.72. The normalized spacial score (nSPS) is 15.8. The minimum atomic E-state index is -0.481. The summed E-state index contributed by atoms with van der Waals surface area (Å²) in [5.41, 5.74) is 29.2. The second-order valence-electron chi connectivity index (χ2n) is 6.34. The van der Waals surface area contributed by atoms with Crippen LogP contribution in [0.2, 0.25) is 0 Å². The van der Waals surface area contributed by atoms with E-state index in [0.29, 0.717) is 19.5 Å². The Morgan fingerprint density at radius 3 is 1.52 bits per heavy atom. The topological polar surface area (TPSA) is 154 Å². The number of aliphatic hydroxyl groups is 1. The number of rotatable bonds is 16. The zero-order valence-corrected chi connectivity index (χ0v) is 14.7. The predicted octanol–water partition coefficient (Wildman–Crippen LogP) is -0.394. The van der Waals surface area contributed by atoms with Crippen molar-refractivity contribution in [1.82, 2.24) is 4.90 Å². The highest BCUT2D eigenvalue weighted by atomic mass is 16.3. The van der Waals surface area contributed by atoms with Crippen LogP contribution in [-0.4, -0.2) is 54.6 Å². The lowest BCUT2D eigenvalue weighted by Crippen LogP contribution is -2.54. The van der Waals surface area contributed by atoms with E-state index in [1.165, 1.54) is 0 Å². The SMILES string of the molecule is NCCCCCC(N)N(CC(O)CCN)C(N)CCCCCN. The molecular weight excluding hydrogens is 292 g/mol. The van der Waals surface area contributed by atoms with Crippen molar-refractivity contribution in [2.75, 3.05) is 26.2 Å². The first-order valence-electron chi connectivity index (χ1n) is 9.12. The van der Waals surface area contributed by atoms with E-state index in [1.807, 2.05) is 4.90 Å². The van der Waals surface area contributed by atoms with Gasteiger partial charge in [0, 0.05) is 6.54 Å². The molecule has 0 aliphatic carbocycles. The van der Waals surface area contributed by atoms with Gasteiger partial charge in [-0.15, -0.1) is 0 Å². The van der Waals surface area contributed by atoms with Crippen LogP contribution in [0.25, 0.3) is 0 Å². The largest absolute Gasteiger partial charge is 0.392 e. The Hall–Kier alpha value is -0.280. The Morgan fingerprint density at radius 2 is 1.13 bits per heavy atom. The molecule has 0 bridgehead atoms. The summed E-state index contributed by atoms with van der Waals surface area (Å²) < 4.78 is 0. The number of nitrogens with zero attached hydrogens (tertiary/aromatic N) is 1. The molecule has 0 saturated heterocycles. The quantitative estimate of drug-likeness (QED) is 0.166. The smallest absolute Gasteiger partial charge is 0.0680 e. The Balaban J connectivity index is 4.40. The van der Waals surface area contributed by atoms with E-state index in [1.54, 1.807) is 0 Å². The highest BCUT2D eigenvalue weighted by molar-refractivity contribution is 4.76. The summed E-state index contributed by atoms with van der Waals surface area (Å²) in [5.74, 6) is 0. The average Bonchev–Trinajstić information content (AvgIpc) is 2.53. The first-order chi connectivity index (χ1) is 11.1. The maximum Gasteiger partial charge on any atom is 0.0680 e. The lowest BCUT2D eigenvalue weighted by Gasteiger charge is -2.35. The lowest BCUT2D eigenvalue weighted by atomic mass is 10.1. The molecule has 0 aliphatic heterocycles. The molecule has 0 aliphatic rings. The van der Waals surface area contributed by atoms with Crippen molar-refractivity contribution < 1.29 is 5.11 Å². The first-order valence-corrected chi connectivity index (χ1v) is 9.12. The number of unbranched alkanes of at least 4 members (excludes halogenated alkanes) is 4. The van der Waals surface area contributed by atoms with Gasteiger partial charge in [0.1, 0.15) is 0 Å². The third-order valence-corrected chi connectivity index (χ3v) is 4.18. The monoisotopic (exact) mass is 332 g/mol. The zero-order chi connectivity index (χ0) is 17.5. The van der Waals surface area contributed by atoms with Crippen LogP contribution in [-0.2, 0) is 0 Å². The fraction of sp³-hybridized carbons (Fsp3) is 1.00. The van der Waals surface area contributed by atoms with Crippen molar-refractivity contribution in [2.24, 2.45) is 28.7 Å². The van der Waals surface area contributed by atoms with E-state index in [4.69, 9.17) is 28.7 Å². The van der Waals surface area contributed by atoms with E-state index in [-0.39, 0.29) is 12.3 Å². The molecule has 23 heavy (non-hydrogen) atoms. The molecule has 0 heterocycles. The van der Waals surface area contributed by atoms with E-state index < -0.39 is 6.10 Å². The van der Waals surface area contributed by atoms with Gasteiger partial charge in [-0.2, -0.15) is 0 Å². The summed E-state index contributed by atoms with van der Waals surface area (Å²) in [6, 6.07) is 0. The maximum atomic E-state index is 10.1. The maximum absolute atomic E-state index is 10.1. The van der Waals surface area contributed by atoms with Crippen LogP contribution in [0.1, 0.15) is 57.8 Å². The predicted molar refractivity (Wildman–Crippen MR) is 97.4 cm³/mol. The van der Waals surface area contributed by atoms with E-state index in [9.17, 15) is 5.11 Å². The minimum absolute atomic E-state index is 0.135. The molecule has 0 spiro atoms. The molecule has 0 radical (unpaired) electrons. The zero-order valence-electron chi connectivity index (χ0n) is 14.7. The van der Waals surface area contributed by atoms with E-state index in [2.05, 4.69) is 0 Å². The van der Waals surface area contributed by atoms with Gasteiger partial charge in [0.15, 0.2) is 0 Å². The Bertz CT molecular complexity index is 239.